The van der Waals surface area contributed by atoms with Crippen molar-refractivity contribution in [1.82, 2.24) is 9.88 Å². The van der Waals surface area contributed by atoms with Crippen molar-refractivity contribution in [2.45, 2.75) is 13.3 Å². The molecule has 0 aliphatic rings. The Bertz CT molecular complexity index is 873. The van der Waals surface area contributed by atoms with Crippen LogP contribution < -0.4 is 5.56 Å². The first kappa shape index (κ1) is 17.1. The molecule has 9 nitrogen and oxygen atoms in total. The molecule has 1 amide bonds. The highest BCUT2D eigenvalue weighted by Gasteiger charge is 2.21. The van der Waals surface area contributed by atoms with E-state index in [0.29, 0.717) is 6.42 Å². The van der Waals surface area contributed by atoms with Gasteiger partial charge in [0.1, 0.15) is 6.54 Å². The molecule has 9 heteroatoms. The van der Waals surface area contributed by atoms with Crippen molar-refractivity contribution in [2.75, 3.05) is 13.1 Å². The molecule has 0 saturated carbocycles. The summed E-state index contributed by atoms with van der Waals surface area (Å²) < 4.78 is 0. The molecule has 2 rings (SSSR count). The van der Waals surface area contributed by atoms with Gasteiger partial charge in [-0.1, -0.05) is 6.92 Å². The lowest BCUT2D eigenvalue weighted by molar-refractivity contribution is -0.384. The zero-order valence-corrected chi connectivity index (χ0v) is 12.8. The summed E-state index contributed by atoms with van der Waals surface area (Å²) in [4.78, 5) is 49.3. The van der Waals surface area contributed by atoms with Gasteiger partial charge in [0.2, 0.25) is 5.56 Å². The smallest absolute Gasteiger partial charge is 0.323 e. The maximum Gasteiger partial charge on any atom is 0.323 e. The molecule has 0 unspecified atom stereocenters. The first-order valence-electron chi connectivity index (χ1n) is 7.16. The van der Waals surface area contributed by atoms with E-state index >= 15 is 0 Å². The topological polar surface area (TPSA) is 134 Å². The van der Waals surface area contributed by atoms with Crippen LogP contribution in [0.5, 0.6) is 0 Å². The third-order valence-electron chi connectivity index (χ3n) is 3.37. The van der Waals surface area contributed by atoms with E-state index in [4.69, 9.17) is 5.11 Å². The summed E-state index contributed by atoms with van der Waals surface area (Å²) >= 11 is 0. The number of aromatic amines is 1. The molecular weight excluding hydrogens is 318 g/mol. The number of nitrogens with zero attached hydrogens (tertiary/aromatic N) is 2. The number of carbonyl (C=O) groups excluding carboxylic acids is 1. The van der Waals surface area contributed by atoms with Crippen molar-refractivity contribution in [1.29, 1.82) is 0 Å². The van der Waals surface area contributed by atoms with Gasteiger partial charge in [-0.05, 0) is 12.5 Å². The average Bonchev–Trinajstić information content (AvgIpc) is 2.52. The highest BCUT2D eigenvalue weighted by molar-refractivity contribution is 6.07. The van der Waals surface area contributed by atoms with Crippen LogP contribution in [-0.2, 0) is 4.79 Å². The minimum Gasteiger partial charge on any atom is -0.480 e. The Hall–Kier alpha value is -3.23. The Morgan fingerprint density at radius 3 is 2.62 bits per heavy atom. The lowest BCUT2D eigenvalue weighted by atomic mass is 10.1. The van der Waals surface area contributed by atoms with E-state index in [9.17, 15) is 24.5 Å². The standard InChI is InChI=1S/C15H15N3O6/c1-2-5-17(8-14(20)21)15(22)11-7-13(19)16-12-4-3-9(18(23)24)6-10(11)12/h3-4,6-7H,2,5,8H2,1H3,(H,16,19)(H,20,21). The van der Waals surface area contributed by atoms with Gasteiger partial charge < -0.3 is 15.0 Å². The molecule has 2 aromatic rings. The molecular formula is C15H15N3O6. The maximum absolute atomic E-state index is 12.7. The van der Waals surface area contributed by atoms with Gasteiger partial charge >= 0.3 is 5.97 Å². The summed E-state index contributed by atoms with van der Waals surface area (Å²) in [6.45, 7) is 1.45. The molecule has 0 atom stereocenters. The third kappa shape index (κ3) is 3.57. The van der Waals surface area contributed by atoms with Gasteiger partial charge in [-0.2, -0.15) is 0 Å². The number of hydrogen-bond donors (Lipinski definition) is 2. The van der Waals surface area contributed by atoms with Crippen molar-refractivity contribution < 1.29 is 19.6 Å². The number of aliphatic carboxylic acids is 1. The van der Waals surface area contributed by atoms with E-state index < -0.39 is 28.9 Å². The molecule has 0 aliphatic heterocycles. The summed E-state index contributed by atoms with van der Waals surface area (Å²) in [7, 11) is 0. The molecule has 1 aromatic heterocycles. The summed E-state index contributed by atoms with van der Waals surface area (Å²) in [5.41, 5.74) is -0.578. The van der Waals surface area contributed by atoms with Crippen LogP contribution in [0.1, 0.15) is 23.7 Å². The van der Waals surface area contributed by atoms with Crippen LogP contribution in [0.2, 0.25) is 0 Å². The average molecular weight is 333 g/mol. The van der Waals surface area contributed by atoms with Crippen molar-refractivity contribution in [3.05, 3.63) is 50.3 Å². The third-order valence-corrected chi connectivity index (χ3v) is 3.37. The van der Waals surface area contributed by atoms with Crippen LogP contribution in [0.15, 0.2) is 29.1 Å². The Morgan fingerprint density at radius 2 is 2.04 bits per heavy atom. The van der Waals surface area contributed by atoms with E-state index in [2.05, 4.69) is 4.98 Å². The normalized spacial score (nSPS) is 10.5. The van der Waals surface area contributed by atoms with Crippen molar-refractivity contribution in [3.8, 4) is 0 Å². The number of benzene rings is 1. The SMILES string of the molecule is CCCN(CC(=O)O)C(=O)c1cc(=O)[nH]c2ccc([N+](=O)[O-])cc12. The monoisotopic (exact) mass is 333 g/mol. The molecule has 0 radical (unpaired) electrons. The predicted octanol–water partition coefficient (Wildman–Crippen LogP) is 1.37. The Labute approximate surface area is 135 Å². The number of non-ortho nitro benzene ring substituents is 1. The highest BCUT2D eigenvalue weighted by atomic mass is 16.6. The summed E-state index contributed by atoms with van der Waals surface area (Å²) in [5, 5.41) is 20.1. The van der Waals surface area contributed by atoms with Gasteiger partial charge in [0, 0.05) is 35.6 Å². The minimum absolute atomic E-state index is 0.0628. The number of hydrogen-bond acceptors (Lipinski definition) is 5. The van der Waals surface area contributed by atoms with Crippen LogP contribution >= 0.6 is 0 Å². The number of nitrogens with one attached hydrogen (secondary N) is 1. The number of H-pyrrole nitrogens is 1. The number of nitro benzene ring substituents is 1. The fourth-order valence-corrected chi connectivity index (χ4v) is 2.39. The van der Waals surface area contributed by atoms with E-state index in [0.717, 1.165) is 11.0 Å². The van der Waals surface area contributed by atoms with E-state index in [1.54, 1.807) is 6.92 Å². The second kappa shape index (κ2) is 6.90. The minimum atomic E-state index is -1.18. The molecule has 1 aromatic carbocycles. The molecule has 0 aliphatic carbocycles. The first-order chi connectivity index (χ1) is 11.3. The lowest BCUT2D eigenvalue weighted by Gasteiger charge is -2.20. The van der Waals surface area contributed by atoms with Gasteiger partial charge in [-0.25, -0.2) is 0 Å². The summed E-state index contributed by atoms with van der Waals surface area (Å²) in [5.74, 6) is -1.84. The fraction of sp³-hybridized carbons (Fsp3) is 0.267. The van der Waals surface area contributed by atoms with Gasteiger partial charge in [0.15, 0.2) is 0 Å². The first-order valence-corrected chi connectivity index (χ1v) is 7.16. The van der Waals surface area contributed by atoms with Crippen LogP contribution in [0, 0.1) is 10.1 Å². The molecule has 24 heavy (non-hydrogen) atoms. The lowest BCUT2D eigenvalue weighted by Crippen LogP contribution is -2.36. The van der Waals surface area contributed by atoms with E-state index in [1.807, 2.05) is 0 Å². The van der Waals surface area contributed by atoms with Crippen molar-refractivity contribution in [3.63, 3.8) is 0 Å². The molecule has 0 spiro atoms. The zero-order valence-electron chi connectivity index (χ0n) is 12.8. The zero-order chi connectivity index (χ0) is 17.9. The fourth-order valence-electron chi connectivity index (χ4n) is 2.39. The van der Waals surface area contributed by atoms with Gasteiger partial charge in [0.05, 0.1) is 10.5 Å². The molecule has 0 fully saturated rings. The number of rotatable bonds is 6. The number of nitro groups is 1. The van der Waals surface area contributed by atoms with Gasteiger partial charge in [-0.3, -0.25) is 24.5 Å². The molecule has 126 valence electrons. The second-order valence-electron chi connectivity index (χ2n) is 5.15. The van der Waals surface area contributed by atoms with E-state index in [1.165, 1.54) is 18.2 Å². The second-order valence-corrected chi connectivity index (χ2v) is 5.15. The largest absolute Gasteiger partial charge is 0.480 e. The van der Waals surface area contributed by atoms with Gasteiger partial charge in [0.25, 0.3) is 11.6 Å². The van der Waals surface area contributed by atoms with Crippen molar-refractivity contribution >= 4 is 28.5 Å². The number of pyridine rings is 1. The van der Waals surface area contributed by atoms with Crippen molar-refractivity contribution in [2.24, 2.45) is 0 Å². The van der Waals surface area contributed by atoms with E-state index in [-0.39, 0.29) is 28.7 Å². The van der Waals surface area contributed by atoms with Crippen LogP contribution in [-0.4, -0.2) is 44.9 Å². The molecule has 2 N–H and O–H groups in total. The Morgan fingerprint density at radius 1 is 1.33 bits per heavy atom. The maximum atomic E-state index is 12.7. The summed E-state index contributed by atoms with van der Waals surface area (Å²) in [6, 6.07) is 4.77. The van der Waals surface area contributed by atoms with Gasteiger partial charge in [-0.15, -0.1) is 0 Å². The molecule has 0 bridgehead atoms. The number of amides is 1. The number of carboxylic acids is 1. The number of carboxylic acid groups (broad SMARTS) is 1. The highest BCUT2D eigenvalue weighted by Crippen LogP contribution is 2.22. The van der Waals surface area contributed by atoms with Crippen LogP contribution in [0.25, 0.3) is 10.9 Å². The summed E-state index contributed by atoms with van der Waals surface area (Å²) in [6.07, 6.45) is 0.528. The quantitative estimate of drug-likeness (QED) is 0.606. The molecule has 1 heterocycles. The Kier molecular flexibility index (Phi) is 4.93. The Balaban J connectivity index is 2.61. The predicted molar refractivity (Wildman–Crippen MR) is 85.1 cm³/mol. The number of fused-ring (bicyclic) bond motifs is 1. The number of aromatic nitrogens is 1. The molecule has 0 saturated heterocycles. The number of carbonyl (C=O) groups is 2. The van der Waals surface area contributed by atoms with Crippen LogP contribution in [0.3, 0.4) is 0 Å². The van der Waals surface area contributed by atoms with Crippen LogP contribution in [0.4, 0.5) is 5.69 Å².